The van der Waals surface area contributed by atoms with Crippen molar-refractivity contribution in [3.63, 3.8) is 0 Å². The van der Waals surface area contributed by atoms with Crippen LogP contribution in [0.3, 0.4) is 0 Å². The summed E-state index contributed by atoms with van der Waals surface area (Å²) in [5, 5.41) is 11.8. The lowest BCUT2D eigenvalue weighted by atomic mass is 10.00. The Bertz CT molecular complexity index is 1030. The molecule has 2 aromatic carbocycles. The van der Waals surface area contributed by atoms with Gasteiger partial charge in [0.15, 0.2) is 0 Å². The van der Waals surface area contributed by atoms with Crippen LogP contribution in [0.5, 0.6) is 0 Å². The molecule has 0 aliphatic carbocycles. The van der Waals surface area contributed by atoms with Crippen LogP contribution in [-0.2, 0) is 19.5 Å². The number of hydrogen-bond donors (Lipinski definition) is 2. The van der Waals surface area contributed by atoms with Gasteiger partial charge in [0.1, 0.15) is 5.82 Å². The van der Waals surface area contributed by atoms with Crippen LogP contribution in [0.15, 0.2) is 67.0 Å². The zero-order valence-electron chi connectivity index (χ0n) is 19.7. The summed E-state index contributed by atoms with van der Waals surface area (Å²) in [5.74, 6) is 1.10. The van der Waals surface area contributed by atoms with Gasteiger partial charge in [-0.1, -0.05) is 66.9 Å². The molecule has 0 spiro atoms. The lowest BCUT2D eigenvalue weighted by Crippen LogP contribution is -2.32. The minimum absolute atomic E-state index is 0.552. The lowest BCUT2D eigenvalue weighted by Gasteiger charge is -2.29. The van der Waals surface area contributed by atoms with Gasteiger partial charge in [0.2, 0.25) is 0 Å². The highest BCUT2D eigenvalue weighted by atomic mass is 32.2. The maximum atomic E-state index is 7.70. The fourth-order valence-electron chi connectivity index (χ4n) is 3.77. The highest BCUT2D eigenvalue weighted by Gasteiger charge is 2.16. The molecular weight excluding hydrogens is 412 g/mol. The van der Waals surface area contributed by atoms with Crippen LogP contribution in [0.4, 0.5) is 0 Å². The van der Waals surface area contributed by atoms with Crippen molar-refractivity contribution >= 4 is 27.8 Å². The highest BCUT2D eigenvalue weighted by molar-refractivity contribution is 8.21. The topological polar surface area (TPSA) is 42.4 Å². The first-order valence-corrected chi connectivity index (χ1v) is 11.6. The van der Waals surface area contributed by atoms with Gasteiger partial charge < -0.3 is 15.1 Å². The van der Waals surface area contributed by atoms with Crippen molar-refractivity contribution in [2.24, 2.45) is 0 Å². The van der Waals surface area contributed by atoms with Crippen molar-refractivity contribution in [3.8, 4) is 0 Å². The second kappa shape index (κ2) is 10.7. The van der Waals surface area contributed by atoms with Crippen LogP contribution in [0.1, 0.15) is 34.7 Å². The number of thioether (sulfide) groups is 1. The molecule has 32 heavy (non-hydrogen) atoms. The Balaban J connectivity index is 1.62. The predicted octanol–water partition coefficient (Wildman–Crippen LogP) is 5.58. The number of nitrogens with one attached hydrogen (secondary N) is 2. The summed E-state index contributed by atoms with van der Waals surface area (Å²) in [6, 6.07) is 15.2. The lowest BCUT2D eigenvalue weighted by molar-refractivity contribution is 0.379. The molecule has 2 aromatic rings. The molecule has 3 rings (SSSR count). The van der Waals surface area contributed by atoms with E-state index in [0.717, 1.165) is 47.9 Å². The van der Waals surface area contributed by atoms with Gasteiger partial charge in [0, 0.05) is 31.6 Å². The molecule has 168 valence electrons. The molecule has 0 bridgehead atoms. The molecule has 0 fully saturated rings. The molecule has 1 heterocycles. The Morgan fingerprint density at radius 1 is 1.12 bits per heavy atom. The van der Waals surface area contributed by atoms with E-state index in [0.29, 0.717) is 5.04 Å². The molecule has 2 N–H and O–H groups in total. The molecule has 0 amide bonds. The number of benzene rings is 2. The molecule has 0 saturated heterocycles. The minimum atomic E-state index is 0.552. The second-order valence-corrected chi connectivity index (χ2v) is 10.0. The van der Waals surface area contributed by atoms with Gasteiger partial charge in [0.25, 0.3) is 0 Å². The van der Waals surface area contributed by atoms with Crippen molar-refractivity contribution in [2.75, 3.05) is 27.7 Å². The first-order chi connectivity index (χ1) is 15.2. The second-order valence-electron chi connectivity index (χ2n) is 8.72. The number of fused-ring (bicyclic) bond motifs is 1. The van der Waals surface area contributed by atoms with Crippen LogP contribution in [0.25, 0.3) is 11.0 Å². The molecule has 4 nitrogen and oxygen atoms in total. The first kappa shape index (κ1) is 23.9. The van der Waals surface area contributed by atoms with Crippen molar-refractivity contribution in [1.82, 2.24) is 15.1 Å². The number of rotatable bonds is 9. The van der Waals surface area contributed by atoms with Crippen molar-refractivity contribution in [3.05, 3.63) is 94.8 Å². The summed E-state index contributed by atoms with van der Waals surface area (Å²) < 4.78 is 0. The van der Waals surface area contributed by atoms with E-state index in [9.17, 15) is 0 Å². The third-order valence-corrected chi connectivity index (χ3v) is 6.14. The molecule has 0 saturated carbocycles. The molecule has 1 aliphatic rings. The molecular formula is C27H34N4S. The summed E-state index contributed by atoms with van der Waals surface area (Å²) in [7, 11) is 6.28. The van der Waals surface area contributed by atoms with Crippen molar-refractivity contribution in [2.45, 2.75) is 26.4 Å². The third kappa shape index (κ3) is 6.62. The van der Waals surface area contributed by atoms with E-state index in [-0.39, 0.29) is 0 Å². The van der Waals surface area contributed by atoms with E-state index in [1.807, 2.05) is 0 Å². The Hall–Kier alpha value is -2.76. The molecule has 0 radical (unpaired) electrons. The van der Waals surface area contributed by atoms with Crippen LogP contribution in [-0.4, -0.2) is 42.5 Å². The quantitative estimate of drug-likeness (QED) is 0.300. The summed E-state index contributed by atoms with van der Waals surface area (Å²) in [5.41, 5.74) is 7.34. The fraction of sp³-hybridized carbons (Fsp3) is 0.296. The average Bonchev–Trinajstić information content (AvgIpc) is 2.72. The highest BCUT2D eigenvalue weighted by Crippen LogP contribution is 2.30. The van der Waals surface area contributed by atoms with E-state index in [1.165, 1.54) is 34.0 Å². The standard InChI is InChI=1S/C27H34N4S/c1-19(13-22-7-9-23(10-8-22)17-30(4)5)16-29-27-15-26-14-24(20(2)32-21(3)28)11-12-25(26)18-31(27)6/h7-12,14-15,28-29H,1-2,13,16-18H2,3-6H3. The van der Waals surface area contributed by atoms with Gasteiger partial charge in [-0.05, 0) is 67.4 Å². The number of nitrogens with zero attached hydrogens (tertiary/aromatic N) is 2. The van der Waals surface area contributed by atoms with Gasteiger partial charge in [0.05, 0.1) is 5.04 Å². The van der Waals surface area contributed by atoms with Crippen molar-refractivity contribution < 1.29 is 0 Å². The van der Waals surface area contributed by atoms with E-state index >= 15 is 0 Å². The molecule has 0 unspecified atom stereocenters. The maximum absolute atomic E-state index is 7.70. The molecule has 0 aromatic heterocycles. The molecule has 1 aliphatic heterocycles. The van der Waals surface area contributed by atoms with Gasteiger partial charge in [-0.3, -0.25) is 5.41 Å². The van der Waals surface area contributed by atoms with Crippen LogP contribution >= 0.6 is 11.8 Å². The maximum Gasteiger partial charge on any atom is 0.102 e. The SMILES string of the molecule is C=C(CNC1=Cc2cc(C(=C)SC(C)=N)ccc2CN1C)Cc1ccc(CN(C)C)cc1. The van der Waals surface area contributed by atoms with Gasteiger partial charge in [-0.2, -0.15) is 0 Å². The Morgan fingerprint density at radius 3 is 2.47 bits per heavy atom. The zero-order valence-corrected chi connectivity index (χ0v) is 20.5. The Kier molecular flexibility index (Phi) is 7.99. The van der Waals surface area contributed by atoms with Crippen LogP contribution in [0, 0.1) is 5.41 Å². The summed E-state index contributed by atoms with van der Waals surface area (Å²) in [4.78, 5) is 5.32. The van der Waals surface area contributed by atoms with E-state index < -0.39 is 0 Å². The summed E-state index contributed by atoms with van der Waals surface area (Å²) >= 11 is 1.41. The van der Waals surface area contributed by atoms with Gasteiger partial charge >= 0.3 is 0 Å². The molecule has 0 atom stereocenters. The monoisotopic (exact) mass is 446 g/mol. The summed E-state index contributed by atoms with van der Waals surface area (Å²) in [6.07, 6.45) is 3.06. The van der Waals surface area contributed by atoms with Gasteiger partial charge in [-0.15, -0.1) is 0 Å². The smallest absolute Gasteiger partial charge is 0.102 e. The largest absolute Gasteiger partial charge is 0.368 e. The van der Waals surface area contributed by atoms with Crippen molar-refractivity contribution in [1.29, 1.82) is 5.41 Å². The normalized spacial score (nSPS) is 12.9. The predicted molar refractivity (Wildman–Crippen MR) is 141 cm³/mol. The average molecular weight is 447 g/mol. The summed E-state index contributed by atoms with van der Waals surface area (Å²) in [6.45, 7) is 12.8. The Morgan fingerprint density at radius 2 is 1.81 bits per heavy atom. The van der Waals surface area contributed by atoms with Gasteiger partial charge in [-0.25, -0.2) is 0 Å². The number of hydrogen-bond acceptors (Lipinski definition) is 5. The zero-order chi connectivity index (χ0) is 23.3. The van der Waals surface area contributed by atoms with Crippen LogP contribution < -0.4 is 5.32 Å². The van der Waals surface area contributed by atoms with E-state index in [4.69, 9.17) is 5.41 Å². The fourth-order valence-corrected chi connectivity index (χ4v) is 4.38. The van der Waals surface area contributed by atoms with E-state index in [2.05, 4.69) is 98.0 Å². The first-order valence-electron chi connectivity index (χ1n) is 10.8. The van der Waals surface area contributed by atoms with Crippen LogP contribution in [0.2, 0.25) is 0 Å². The third-order valence-electron chi connectivity index (χ3n) is 5.35. The minimum Gasteiger partial charge on any atom is -0.368 e. The molecule has 5 heteroatoms. The Labute approximate surface area is 197 Å². The van der Waals surface area contributed by atoms with E-state index in [1.54, 1.807) is 6.92 Å².